The standard InChI is InChI=1S/C13H14FN3O3/c14-9-3-1-8(2-4-9)13-15-12(16-20-13)7-17-5-10(18)11(19)6-17/h1-4,10-11,18-19H,5-7H2/t10-,11+. The first-order valence-electron chi connectivity index (χ1n) is 6.29. The molecule has 1 aromatic heterocycles. The number of aliphatic hydroxyl groups excluding tert-OH is 2. The van der Waals surface area contributed by atoms with E-state index < -0.39 is 12.2 Å². The Balaban J connectivity index is 1.69. The Morgan fingerprint density at radius 1 is 1.20 bits per heavy atom. The number of halogens is 1. The molecule has 2 heterocycles. The third kappa shape index (κ3) is 2.69. The van der Waals surface area contributed by atoms with Gasteiger partial charge in [-0.3, -0.25) is 4.90 Å². The van der Waals surface area contributed by atoms with E-state index in [1.165, 1.54) is 12.1 Å². The van der Waals surface area contributed by atoms with Crippen molar-refractivity contribution in [2.45, 2.75) is 18.8 Å². The number of hydrogen-bond acceptors (Lipinski definition) is 6. The van der Waals surface area contributed by atoms with Gasteiger partial charge in [-0.05, 0) is 24.3 Å². The number of benzene rings is 1. The van der Waals surface area contributed by atoms with Crippen LogP contribution in [-0.4, -0.2) is 50.6 Å². The van der Waals surface area contributed by atoms with E-state index in [1.807, 2.05) is 4.90 Å². The van der Waals surface area contributed by atoms with Crippen molar-refractivity contribution >= 4 is 0 Å². The van der Waals surface area contributed by atoms with Crippen LogP contribution in [0, 0.1) is 5.82 Å². The Morgan fingerprint density at radius 2 is 1.85 bits per heavy atom. The third-order valence-electron chi connectivity index (χ3n) is 3.26. The largest absolute Gasteiger partial charge is 0.389 e. The van der Waals surface area contributed by atoms with E-state index in [0.29, 0.717) is 36.9 Å². The number of hydrogen-bond donors (Lipinski definition) is 2. The Bertz CT molecular complexity index is 577. The molecule has 1 saturated heterocycles. The molecule has 0 bridgehead atoms. The average molecular weight is 279 g/mol. The summed E-state index contributed by atoms with van der Waals surface area (Å²) >= 11 is 0. The van der Waals surface area contributed by atoms with Gasteiger partial charge < -0.3 is 14.7 Å². The second-order valence-electron chi connectivity index (χ2n) is 4.85. The van der Waals surface area contributed by atoms with Gasteiger partial charge in [0, 0.05) is 18.7 Å². The summed E-state index contributed by atoms with van der Waals surface area (Å²) in [5.74, 6) is 0.458. The number of aliphatic hydroxyl groups is 2. The van der Waals surface area contributed by atoms with Gasteiger partial charge in [-0.2, -0.15) is 4.98 Å². The Morgan fingerprint density at radius 3 is 2.50 bits per heavy atom. The van der Waals surface area contributed by atoms with E-state index in [-0.39, 0.29) is 5.82 Å². The predicted molar refractivity (Wildman–Crippen MR) is 67.0 cm³/mol. The molecule has 20 heavy (non-hydrogen) atoms. The summed E-state index contributed by atoms with van der Waals surface area (Å²) in [4.78, 5) is 6.06. The van der Waals surface area contributed by atoms with E-state index in [4.69, 9.17) is 4.52 Å². The third-order valence-corrected chi connectivity index (χ3v) is 3.26. The highest BCUT2D eigenvalue weighted by Crippen LogP contribution is 2.19. The lowest BCUT2D eigenvalue weighted by atomic mass is 10.2. The predicted octanol–water partition coefficient (Wildman–Crippen LogP) is 0.413. The number of rotatable bonds is 3. The highest BCUT2D eigenvalue weighted by Gasteiger charge is 2.30. The SMILES string of the molecule is O[C@@H]1CN(Cc2noc(-c3ccc(F)cc3)n2)C[C@@H]1O. The lowest BCUT2D eigenvalue weighted by Gasteiger charge is -2.10. The molecule has 2 N–H and O–H groups in total. The van der Waals surface area contributed by atoms with E-state index in [1.54, 1.807) is 12.1 Å². The summed E-state index contributed by atoms with van der Waals surface area (Å²) in [5, 5.41) is 22.8. The molecule has 2 atom stereocenters. The van der Waals surface area contributed by atoms with Crippen molar-refractivity contribution < 1.29 is 19.1 Å². The lowest BCUT2D eigenvalue weighted by molar-refractivity contribution is 0.0572. The quantitative estimate of drug-likeness (QED) is 0.847. The minimum absolute atomic E-state index is 0.320. The van der Waals surface area contributed by atoms with Crippen LogP contribution in [-0.2, 0) is 6.54 Å². The molecule has 6 nitrogen and oxygen atoms in total. The number of likely N-dealkylation sites (tertiary alicyclic amines) is 1. The summed E-state index contributed by atoms with van der Waals surface area (Å²) in [7, 11) is 0. The number of β-amino-alcohol motifs (C(OH)–C–C–N with tert-alkyl or cyclic N) is 2. The molecule has 1 aromatic carbocycles. The van der Waals surface area contributed by atoms with Gasteiger partial charge in [-0.1, -0.05) is 5.16 Å². The molecule has 1 aliphatic rings. The minimum atomic E-state index is -0.738. The van der Waals surface area contributed by atoms with Gasteiger partial charge in [0.15, 0.2) is 5.82 Å². The van der Waals surface area contributed by atoms with Crippen molar-refractivity contribution in [2.75, 3.05) is 13.1 Å². The van der Waals surface area contributed by atoms with Crippen molar-refractivity contribution in [3.05, 3.63) is 35.9 Å². The second kappa shape index (κ2) is 5.28. The van der Waals surface area contributed by atoms with Gasteiger partial charge in [-0.15, -0.1) is 0 Å². The van der Waals surface area contributed by atoms with E-state index >= 15 is 0 Å². The van der Waals surface area contributed by atoms with Crippen LogP contribution >= 0.6 is 0 Å². The molecule has 3 rings (SSSR count). The number of nitrogens with zero attached hydrogens (tertiary/aromatic N) is 3. The van der Waals surface area contributed by atoms with Gasteiger partial charge in [0.05, 0.1) is 18.8 Å². The fourth-order valence-electron chi connectivity index (χ4n) is 2.20. The maximum atomic E-state index is 12.8. The fourth-order valence-corrected chi connectivity index (χ4v) is 2.20. The lowest BCUT2D eigenvalue weighted by Crippen LogP contribution is -2.22. The molecular weight excluding hydrogens is 265 g/mol. The van der Waals surface area contributed by atoms with Crippen LogP contribution in [0.3, 0.4) is 0 Å². The van der Waals surface area contributed by atoms with E-state index in [9.17, 15) is 14.6 Å². The summed E-state index contributed by atoms with van der Waals surface area (Å²) < 4.78 is 18.0. The zero-order valence-electron chi connectivity index (χ0n) is 10.6. The Kier molecular flexibility index (Phi) is 3.47. The summed E-state index contributed by atoms with van der Waals surface area (Å²) in [6.07, 6.45) is -1.48. The smallest absolute Gasteiger partial charge is 0.257 e. The summed E-state index contributed by atoms with van der Waals surface area (Å²) in [6, 6.07) is 5.78. The van der Waals surface area contributed by atoms with Gasteiger partial charge in [0.1, 0.15) is 5.82 Å². The average Bonchev–Trinajstić information content (AvgIpc) is 2.99. The molecule has 1 aliphatic heterocycles. The maximum Gasteiger partial charge on any atom is 0.257 e. The van der Waals surface area contributed by atoms with Crippen molar-refractivity contribution in [1.82, 2.24) is 15.0 Å². The monoisotopic (exact) mass is 279 g/mol. The number of aromatic nitrogens is 2. The van der Waals surface area contributed by atoms with Crippen LogP contribution in [0.5, 0.6) is 0 Å². The van der Waals surface area contributed by atoms with Gasteiger partial charge in [-0.25, -0.2) is 4.39 Å². The van der Waals surface area contributed by atoms with Crippen LogP contribution in [0.25, 0.3) is 11.5 Å². The van der Waals surface area contributed by atoms with Crippen LogP contribution in [0.1, 0.15) is 5.82 Å². The second-order valence-corrected chi connectivity index (χ2v) is 4.85. The molecule has 0 saturated carbocycles. The van der Waals surface area contributed by atoms with Crippen LogP contribution < -0.4 is 0 Å². The first-order valence-corrected chi connectivity index (χ1v) is 6.29. The first kappa shape index (κ1) is 13.2. The van der Waals surface area contributed by atoms with Crippen molar-refractivity contribution in [3.8, 4) is 11.5 Å². The highest BCUT2D eigenvalue weighted by molar-refractivity contribution is 5.52. The van der Waals surface area contributed by atoms with Crippen LogP contribution in [0.15, 0.2) is 28.8 Å². The Hall–Kier alpha value is -1.83. The van der Waals surface area contributed by atoms with E-state index in [0.717, 1.165) is 0 Å². The molecule has 0 radical (unpaired) electrons. The normalized spacial score (nSPS) is 23.4. The molecule has 1 fully saturated rings. The maximum absolute atomic E-state index is 12.8. The first-order chi connectivity index (χ1) is 9.61. The van der Waals surface area contributed by atoms with Crippen molar-refractivity contribution in [2.24, 2.45) is 0 Å². The van der Waals surface area contributed by atoms with Crippen molar-refractivity contribution in [1.29, 1.82) is 0 Å². The zero-order chi connectivity index (χ0) is 14.1. The summed E-state index contributed by atoms with van der Waals surface area (Å²) in [5.41, 5.74) is 0.645. The van der Waals surface area contributed by atoms with Crippen LogP contribution in [0.2, 0.25) is 0 Å². The molecule has 0 unspecified atom stereocenters. The van der Waals surface area contributed by atoms with Gasteiger partial charge >= 0.3 is 0 Å². The zero-order valence-corrected chi connectivity index (χ0v) is 10.6. The van der Waals surface area contributed by atoms with Crippen LogP contribution in [0.4, 0.5) is 4.39 Å². The highest BCUT2D eigenvalue weighted by atomic mass is 19.1. The summed E-state index contributed by atoms with van der Waals surface area (Å²) in [6.45, 7) is 1.14. The molecule has 2 aromatic rings. The fraction of sp³-hybridized carbons (Fsp3) is 0.385. The molecule has 0 amide bonds. The molecule has 106 valence electrons. The minimum Gasteiger partial charge on any atom is -0.389 e. The Labute approximate surface area is 114 Å². The molecule has 0 aliphatic carbocycles. The van der Waals surface area contributed by atoms with Gasteiger partial charge in [0.2, 0.25) is 0 Å². The molecule has 7 heteroatoms. The topological polar surface area (TPSA) is 82.6 Å². The molecular formula is C13H14FN3O3. The van der Waals surface area contributed by atoms with Gasteiger partial charge in [0.25, 0.3) is 5.89 Å². The molecule has 0 spiro atoms. The van der Waals surface area contributed by atoms with Crippen molar-refractivity contribution in [3.63, 3.8) is 0 Å². The van der Waals surface area contributed by atoms with E-state index in [2.05, 4.69) is 10.1 Å².